The standard InChI is InChI=1S/C25H19BrCl2N2O3/c26-19-7-12(1-6-21(19)33-11-13-2-3-14(27)8-20(13)28)10-29-30-24(31)22-15-4-5-16(18-9-17(15)18)23(22)25(30)32/h1-8,10,15-18,22-23H,9,11H2/t15-,16-,17-,18+,22+,23+/m0/s1. The van der Waals surface area contributed by atoms with Gasteiger partial charge >= 0.3 is 0 Å². The van der Waals surface area contributed by atoms with Gasteiger partial charge in [-0.3, -0.25) is 9.59 Å². The summed E-state index contributed by atoms with van der Waals surface area (Å²) >= 11 is 15.7. The highest BCUT2D eigenvalue weighted by molar-refractivity contribution is 9.10. The molecule has 3 fully saturated rings. The van der Waals surface area contributed by atoms with E-state index in [4.69, 9.17) is 27.9 Å². The zero-order valence-electron chi connectivity index (χ0n) is 17.3. The molecule has 2 aromatic rings. The van der Waals surface area contributed by atoms with Crippen molar-refractivity contribution in [3.05, 3.63) is 74.2 Å². The monoisotopic (exact) mass is 544 g/mol. The summed E-state index contributed by atoms with van der Waals surface area (Å²) in [5.74, 6) is 1.38. The molecule has 1 heterocycles. The number of allylic oxidation sites excluding steroid dienone is 2. The van der Waals surface area contributed by atoms with Gasteiger partial charge < -0.3 is 4.74 Å². The third kappa shape index (κ3) is 3.54. The molecule has 0 spiro atoms. The van der Waals surface area contributed by atoms with Crippen LogP contribution in [0, 0.1) is 35.5 Å². The lowest BCUT2D eigenvalue weighted by atomic mass is 9.63. The highest BCUT2D eigenvalue weighted by Crippen LogP contribution is 2.65. The molecule has 2 aromatic carbocycles. The van der Waals surface area contributed by atoms with Crippen molar-refractivity contribution in [2.45, 2.75) is 13.0 Å². The predicted molar refractivity (Wildman–Crippen MR) is 129 cm³/mol. The first-order chi connectivity index (χ1) is 15.9. The van der Waals surface area contributed by atoms with Crippen LogP contribution in [0.25, 0.3) is 0 Å². The van der Waals surface area contributed by atoms with Crippen molar-refractivity contribution in [1.29, 1.82) is 0 Å². The maximum atomic E-state index is 13.0. The van der Waals surface area contributed by atoms with Gasteiger partial charge in [-0.1, -0.05) is 41.4 Å². The molecule has 7 rings (SSSR count). The number of benzene rings is 2. The van der Waals surface area contributed by atoms with E-state index in [0.717, 1.165) is 27.0 Å². The Labute approximate surface area is 209 Å². The van der Waals surface area contributed by atoms with E-state index in [1.165, 1.54) is 0 Å². The molecule has 33 heavy (non-hydrogen) atoms. The Kier molecular flexibility index (Phi) is 5.16. The number of hydrogen-bond donors (Lipinski definition) is 0. The third-order valence-corrected chi connectivity index (χ3v) is 8.52. The number of ether oxygens (including phenoxy) is 1. The molecule has 0 aromatic heterocycles. The number of nitrogens with zero attached hydrogens (tertiary/aromatic N) is 2. The average Bonchev–Trinajstić information content (AvgIpc) is 3.57. The molecule has 4 aliphatic carbocycles. The Morgan fingerprint density at radius 1 is 1.03 bits per heavy atom. The second kappa shape index (κ2) is 7.97. The summed E-state index contributed by atoms with van der Waals surface area (Å²) in [6.07, 6.45) is 7.01. The highest BCUT2D eigenvalue weighted by Gasteiger charge is 2.67. The minimum atomic E-state index is -0.240. The van der Waals surface area contributed by atoms with E-state index in [0.29, 0.717) is 34.2 Å². The van der Waals surface area contributed by atoms with Gasteiger partial charge in [0.25, 0.3) is 11.8 Å². The number of carbonyl (C=O) groups is 2. The first-order valence-electron chi connectivity index (χ1n) is 10.9. The van der Waals surface area contributed by atoms with E-state index in [-0.39, 0.29) is 35.5 Å². The van der Waals surface area contributed by atoms with Crippen LogP contribution in [0.15, 0.2) is 58.1 Å². The lowest BCUT2D eigenvalue weighted by Gasteiger charge is -2.37. The van der Waals surface area contributed by atoms with E-state index in [2.05, 4.69) is 33.2 Å². The van der Waals surface area contributed by atoms with Crippen molar-refractivity contribution in [2.75, 3.05) is 0 Å². The van der Waals surface area contributed by atoms with Gasteiger partial charge in [0, 0.05) is 15.6 Å². The lowest BCUT2D eigenvalue weighted by Crippen LogP contribution is -2.40. The van der Waals surface area contributed by atoms with Crippen molar-refractivity contribution in [2.24, 2.45) is 40.6 Å². The maximum Gasteiger partial charge on any atom is 0.254 e. The van der Waals surface area contributed by atoms with E-state index in [9.17, 15) is 9.59 Å². The van der Waals surface area contributed by atoms with E-state index >= 15 is 0 Å². The molecule has 0 N–H and O–H groups in total. The van der Waals surface area contributed by atoms with Crippen LogP contribution >= 0.6 is 39.1 Å². The van der Waals surface area contributed by atoms with Crippen LogP contribution in [-0.4, -0.2) is 23.0 Å². The average molecular weight is 546 g/mol. The molecule has 6 atom stereocenters. The summed E-state index contributed by atoms with van der Waals surface area (Å²) in [5.41, 5.74) is 1.57. The molecule has 2 amide bonds. The van der Waals surface area contributed by atoms with Crippen LogP contribution in [-0.2, 0) is 16.2 Å². The van der Waals surface area contributed by atoms with E-state index in [1.807, 2.05) is 18.2 Å². The zero-order valence-corrected chi connectivity index (χ0v) is 20.4. The second-order valence-electron chi connectivity index (χ2n) is 9.10. The van der Waals surface area contributed by atoms with E-state index in [1.54, 1.807) is 24.4 Å². The topological polar surface area (TPSA) is 59.0 Å². The lowest BCUT2D eigenvalue weighted by molar-refractivity contribution is -0.140. The van der Waals surface area contributed by atoms with Crippen molar-refractivity contribution in [3.63, 3.8) is 0 Å². The smallest absolute Gasteiger partial charge is 0.254 e. The zero-order chi connectivity index (χ0) is 22.9. The number of halogens is 3. The summed E-state index contributed by atoms with van der Waals surface area (Å²) in [6, 6.07) is 10.7. The van der Waals surface area contributed by atoms with Crippen molar-refractivity contribution < 1.29 is 14.3 Å². The number of imide groups is 1. The van der Waals surface area contributed by atoms with Crippen molar-refractivity contribution in [1.82, 2.24) is 5.01 Å². The van der Waals surface area contributed by atoms with Crippen LogP contribution in [0.5, 0.6) is 5.75 Å². The predicted octanol–water partition coefficient (Wildman–Crippen LogP) is 5.72. The Morgan fingerprint density at radius 2 is 1.73 bits per heavy atom. The minimum Gasteiger partial charge on any atom is -0.488 e. The van der Waals surface area contributed by atoms with E-state index < -0.39 is 0 Å². The molecule has 2 bridgehead atoms. The number of carbonyl (C=O) groups excluding carboxylic acids is 2. The largest absolute Gasteiger partial charge is 0.488 e. The summed E-state index contributed by atoms with van der Waals surface area (Å²) in [7, 11) is 0. The summed E-state index contributed by atoms with van der Waals surface area (Å²) < 4.78 is 6.60. The number of hydrogen-bond acceptors (Lipinski definition) is 4. The molecule has 1 saturated heterocycles. The second-order valence-corrected chi connectivity index (χ2v) is 10.8. The third-order valence-electron chi connectivity index (χ3n) is 7.32. The Balaban J connectivity index is 1.15. The maximum absolute atomic E-state index is 13.0. The molecule has 8 heteroatoms. The molecule has 168 valence electrons. The van der Waals surface area contributed by atoms with Gasteiger partial charge in [-0.2, -0.15) is 10.1 Å². The van der Waals surface area contributed by atoms with Gasteiger partial charge in [0.05, 0.1) is 22.5 Å². The number of amides is 2. The molecular formula is C25H19BrCl2N2O3. The fourth-order valence-electron chi connectivity index (χ4n) is 5.69. The highest BCUT2D eigenvalue weighted by atomic mass is 79.9. The molecule has 0 radical (unpaired) electrons. The van der Waals surface area contributed by atoms with Gasteiger partial charge in [-0.05, 0) is 81.9 Å². The quantitative estimate of drug-likeness (QED) is 0.274. The van der Waals surface area contributed by atoms with Crippen LogP contribution in [0.4, 0.5) is 0 Å². The number of hydrazone groups is 1. The SMILES string of the molecule is O=C1[C@@H]2[C@H]3C=C[C@@H]([C@@H]4C[C@H]34)[C@H]2C(=O)N1N=Cc1ccc(OCc2ccc(Cl)cc2Cl)c(Br)c1. The Hall–Kier alpha value is -2.15. The number of rotatable bonds is 5. The van der Waals surface area contributed by atoms with Gasteiger partial charge in [0.1, 0.15) is 12.4 Å². The van der Waals surface area contributed by atoms with Crippen LogP contribution in [0.2, 0.25) is 10.0 Å². The first-order valence-corrected chi connectivity index (χ1v) is 12.4. The van der Waals surface area contributed by atoms with Crippen LogP contribution in [0.1, 0.15) is 17.5 Å². The first kappa shape index (κ1) is 21.4. The van der Waals surface area contributed by atoms with Gasteiger partial charge in [-0.15, -0.1) is 0 Å². The van der Waals surface area contributed by atoms with Gasteiger partial charge in [-0.25, -0.2) is 0 Å². The molecule has 5 nitrogen and oxygen atoms in total. The minimum absolute atomic E-state index is 0.162. The van der Waals surface area contributed by atoms with Gasteiger partial charge in [0.2, 0.25) is 0 Å². The van der Waals surface area contributed by atoms with Crippen molar-refractivity contribution in [3.8, 4) is 5.75 Å². The summed E-state index contributed by atoms with van der Waals surface area (Å²) in [4.78, 5) is 26.0. The normalized spacial score (nSPS) is 31.3. The molecule has 0 unspecified atom stereocenters. The Morgan fingerprint density at radius 3 is 2.36 bits per heavy atom. The molecular weight excluding hydrogens is 527 g/mol. The fraction of sp³-hybridized carbons (Fsp3) is 0.320. The molecule has 1 aliphatic heterocycles. The van der Waals surface area contributed by atoms with Crippen molar-refractivity contribution >= 4 is 57.2 Å². The molecule has 5 aliphatic rings. The Bertz CT molecular complexity index is 1210. The summed E-state index contributed by atoms with van der Waals surface area (Å²) in [5, 5.41) is 6.50. The summed E-state index contributed by atoms with van der Waals surface area (Å²) in [6.45, 7) is 0.292. The molecule has 2 saturated carbocycles. The van der Waals surface area contributed by atoms with Crippen LogP contribution in [0.3, 0.4) is 0 Å². The fourth-order valence-corrected chi connectivity index (χ4v) is 6.66. The van der Waals surface area contributed by atoms with Gasteiger partial charge in [0.15, 0.2) is 0 Å². The van der Waals surface area contributed by atoms with Crippen LogP contribution < -0.4 is 4.74 Å².